The molecule has 1 aliphatic heterocycles. The fourth-order valence-corrected chi connectivity index (χ4v) is 1.91. The number of rotatable bonds is 4. The highest BCUT2D eigenvalue weighted by Crippen LogP contribution is 2.20. The highest BCUT2D eigenvalue weighted by Gasteiger charge is 2.33. The maximum Gasteiger partial charge on any atom is 0.119 e. The lowest BCUT2D eigenvalue weighted by Gasteiger charge is -2.26. The van der Waals surface area contributed by atoms with Gasteiger partial charge in [-0.25, -0.2) is 0 Å². The van der Waals surface area contributed by atoms with Crippen molar-refractivity contribution >= 4 is 0 Å². The zero-order valence-corrected chi connectivity index (χ0v) is 8.78. The lowest BCUT2D eigenvalue weighted by atomic mass is 10.0. The third-order valence-electron chi connectivity index (χ3n) is 2.89. The van der Waals surface area contributed by atoms with Crippen molar-refractivity contribution in [3.63, 3.8) is 0 Å². The molecule has 0 spiro atoms. The Bertz CT molecular complexity index is 294. The fraction of sp³-hybridized carbons (Fsp3) is 0.500. The van der Waals surface area contributed by atoms with Crippen molar-refractivity contribution in [1.82, 2.24) is 5.32 Å². The number of ether oxygens (including phenoxy) is 1. The molecule has 0 radical (unpaired) electrons. The van der Waals surface area contributed by atoms with Crippen LogP contribution < -0.4 is 10.1 Å². The Kier molecular flexibility index (Phi) is 3.23. The summed E-state index contributed by atoms with van der Waals surface area (Å²) in [7, 11) is 0. The number of aliphatic hydroxyl groups excluding tert-OH is 1. The van der Waals surface area contributed by atoms with E-state index in [2.05, 4.69) is 5.32 Å². The minimum absolute atomic E-state index is 0.139. The van der Waals surface area contributed by atoms with Crippen LogP contribution in [-0.2, 0) is 0 Å². The molecule has 3 nitrogen and oxygen atoms in total. The molecule has 1 unspecified atom stereocenters. The molecule has 15 heavy (non-hydrogen) atoms. The van der Waals surface area contributed by atoms with Gasteiger partial charge in [-0.15, -0.1) is 0 Å². The van der Waals surface area contributed by atoms with Gasteiger partial charge in [-0.3, -0.25) is 0 Å². The van der Waals surface area contributed by atoms with Crippen molar-refractivity contribution < 1.29 is 9.84 Å². The molecular weight excluding hydrogens is 190 g/mol. The summed E-state index contributed by atoms with van der Waals surface area (Å²) in [4.78, 5) is 0. The van der Waals surface area contributed by atoms with E-state index < -0.39 is 0 Å². The van der Waals surface area contributed by atoms with Crippen LogP contribution in [0.4, 0.5) is 0 Å². The normalized spacial score (nSPS) is 25.4. The summed E-state index contributed by atoms with van der Waals surface area (Å²) in [6.07, 6.45) is 2.09. The van der Waals surface area contributed by atoms with Crippen LogP contribution in [0, 0.1) is 0 Å². The van der Waals surface area contributed by atoms with E-state index in [0.29, 0.717) is 6.61 Å². The molecule has 0 amide bonds. The number of nitrogens with one attached hydrogen (secondary N) is 1. The summed E-state index contributed by atoms with van der Waals surface area (Å²) in [5.41, 5.74) is -0.226. The molecule has 2 N–H and O–H groups in total. The van der Waals surface area contributed by atoms with Crippen LogP contribution in [0.3, 0.4) is 0 Å². The van der Waals surface area contributed by atoms with Gasteiger partial charge < -0.3 is 15.2 Å². The third kappa shape index (κ3) is 2.49. The molecule has 0 saturated carbocycles. The van der Waals surface area contributed by atoms with Crippen LogP contribution in [0.25, 0.3) is 0 Å². The van der Waals surface area contributed by atoms with Crippen molar-refractivity contribution in [2.45, 2.75) is 18.4 Å². The smallest absolute Gasteiger partial charge is 0.119 e. The Morgan fingerprint density at radius 3 is 2.73 bits per heavy atom. The van der Waals surface area contributed by atoms with Crippen molar-refractivity contribution in [3.05, 3.63) is 30.3 Å². The maximum atomic E-state index is 9.35. The van der Waals surface area contributed by atoms with Gasteiger partial charge in [0.2, 0.25) is 0 Å². The standard InChI is InChI=1S/C12H17NO2/c14-9-12(7-4-8-13-12)10-15-11-5-2-1-3-6-11/h1-3,5-6,13-14H,4,7-10H2. The van der Waals surface area contributed by atoms with Crippen LogP contribution >= 0.6 is 0 Å². The Hall–Kier alpha value is -1.06. The first-order valence-electron chi connectivity index (χ1n) is 5.38. The largest absolute Gasteiger partial charge is 0.492 e. The van der Waals surface area contributed by atoms with Crippen LogP contribution in [0.15, 0.2) is 30.3 Å². The van der Waals surface area contributed by atoms with Crippen molar-refractivity contribution in [2.24, 2.45) is 0 Å². The van der Waals surface area contributed by atoms with Crippen LogP contribution in [0.2, 0.25) is 0 Å². The molecule has 1 fully saturated rings. The molecule has 1 aromatic rings. The van der Waals surface area contributed by atoms with Gasteiger partial charge in [-0.2, -0.15) is 0 Å². The highest BCUT2D eigenvalue weighted by atomic mass is 16.5. The molecule has 82 valence electrons. The summed E-state index contributed by atoms with van der Waals surface area (Å²) < 4.78 is 5.66. The number of hydrogen-bond acceptors (Lipinski definition) is 3. The van der Waals surface area contributed by atoms with Crippen LogP contribution in [-0.4, -0.2) is 30.4 Å². The molecule has 3 heteroatoms. The van der Waals surface area contributed by atoms with Gasteiger partial charge >= 0.3 is 0 Å². The van der Waals surface area contributed by atoms with Crippen LogP contribution in [0.5, 0.6) is 5.75 Å². The Labute approximate surface area is 90.1 Å². The van der Waals surface area contributed by atoms with Gasteiger partial charge in [0.15, 0.2) is 0 Å². The number of para-hydroxylation sites is 1. The van der Waals surface area contributed by atoms with E-state index >= 15 is 0 Å². The molecule has 0 aliphatic carbocycles. The van der Waals surface area contributed by atoms with Gasteiger partial charge in [0.1, 0.15) is 12.4 Å². The Morgan fingerprint density at radius 1 is 1.33 bits per heavy atom. The molecule has 1 saturated heterocycles. The summed E-state index contributed by atoms with van der Waals surface area (Å²) in [5, 5.41) is 12.7. The fourth-order valence-electron chi connectivity index (χ4n) is 1.91. The summed E-state index contributed by atoms with van der Waals surface area (Å²) in [6, 6.07) is 9.72. The lowest BCUT2D eigenvalue weighted by molar-refractivity contribution is 0.118. The van der Waals surface area contributed by atoms with Crippen molar-refractivity contribution in [1.29, 1.82) is 0 Å². The first-order chi connectivity index (χ1) is 7.35. The molecule has 1 aliphatic rings. The van der Waals surface area contributed by atoms with Gasteiger partial charge in [0.05, 0.1) is 12.1 Å². The van der Waals surface area contributed by atoms with E-state index in [0.717, 1.165) is 25.1 Å². The number of aliphatic hydroxyl groups is 1. The summed E-state index contributed by atoms with van der Waals surface area (Å²) in [5.74, 6) is 0.860. The van der Waals surface area contributed by atoms with E-state index in [4.69, 9.17) is 4.74 Å². The van der Waals surface area contributed by atoms with Gasteiger partial charge in [-0.05, 0) is 31.5 Å². The van der Waals surface area contributed by atoms with Crippen molar-refractivity contribution in [2.75, 3.05) is 19.8 Å². The predicted octanol–water partition coefficient (Wildman–Crippen LogP) is 1.18. The SMILES string of the molecule is OCC1(COc2ccccc2)CCCN1. The van der Waals surface area contributed by atoms with E-state index in [1.54, 1.807) is 0 Å². The van der Waals surface area contributed by atoms with E-state index in [-0.39, 0.29) is 12.1 Å². The minimum atomic E-state index is -0.226. The molecular formula is C12H17NO2. The molecule has 1 heterocycles. The number of hydrogen-bond donors (Lipinski definition) is 2. The molecule has 1 atom stereocenters. The first-order valence-corrected chi connectivity index (χ1v) is 5.38. The highest BCUT2D eigenvalue weighted by molar-refractivity contribution is 5.21. The van der Waals surface area contributed by atoms with Crippen LogP contribution in [0.1, 0.15) is 12.8 Å². The van der Waals surface area contributed by atoms with E-state index in [1.165, 1.54) is 0 Å². The average molecular weight is 207 g/mol. The molecule has 0 bridgehead atoms. The van der Waals surface area contributed by atoms with E-state index in [1.807, 2.05) is 30.3 Å². The molecule has 0 aromatic heterocycles. The second-order valence-electron chi connectivity index (χ2n) is 4.07. The average Bonchev–Trinajstić information content (AvgIpc) is 2.77. The number of benzene rings is 1. The second kappa shape index (κ2) is 4.64. The van der Waals surface area contributed by atoms with Gasteiger partial charge in [0.25, 0.3) is 0 Å². The zero-order valence-electron chi connectivity index (χ0n) is 8.78. The maximum absolute atomic E-state index is 9.35. The zero-order chi connectivity index (χ0) is 10.6. The second-order valence-corrected chi connectivity index (χ2v) is 4.07. The monoisotopic (exact) mass is 207 g/mol. The first kappa shape index (κ1) is 10.5. The van der Waals surface area contributed by atoms with Gasteiger partial charge in [-0.1, -0.05) is 18.2 Å². The summed E-state index contributed by atoms with van der Waals surface area (Å²) >= 11 is 0. The lowest BCUT2D eigenvalue weighted by Crippen LogP contribution is -2.48. The molecule has 2 rings (SSSR count). The Morgan fingerprint density at radius 2 is 2.13 bits per heavy atom. The predicted molar refractivity (Wildman–Crippen MR) is 59.0 cm³/mol. The van der Waals surface area contributed by atoms with E-state index in [9.17, 15) is 5.11 Å². The quantitative estimate of drug-likeness (QED) is 0.779. The Balaban J connectivity index is 1.92. The topological polar surface area (TPSA) is 41.5 Å². The molecule has 1 aromatic carbocycles. The van der Waals surface area contributed by atoms with Gasteiger partial charge in [0, 0.05) is 0 Å². The summed E-state index contributed by atoms with van der Waals surface area (Å²) in [6.45, 7) is 1.64. The van der Waals surface area contributed by atoms with Crippen molar-refractivity contribution in [3.8, 4) is 5.75 Å². The third-order valence-corrected chi connectivity index (χ3v) is 2.89. The minimum Gasteiger partial charge on any atom is -0.492 e.